The number of rotatable bonds is 4. The molecule has 2 unspecified atom stereocenters. The van der Waals surface area contributed by atoms with Crippen molar-refractivity contribution in [3.63, 3.8) is 0 Å². The van der Waals surface area contributed by atoms with E-state index in [0.29, 0.717) is 5.17 Å². The molecule has 2 atom stereocenters. The Kier molecular flexibility index (Phi) is 6.11. The summed E-state index contributed by atoms with van der Waals surface area (Å²) in [5, 5.41) is 3.72. The van der Waals surface area contributed by atoms with Gasteiger partial charge < -0.3 is 10.2 Å². The van der Waals surface area contributed by atoms with Crippen molar-refractivity contribution in [2.24, 2.45) is 4.99 Å². The van der Waals surface area contributed by atoms with Crippen LogP contribution in [0.15, 0.2) is 35.3 Å². The van der Waals surface area contributed by atoms with E-state index in [4.69, 9.17) is 4.99 Å². The van der Waals surface area contributed by atoms with E-state index < -0.39 is 9.84 Å². The molecule has 0 spiro atoms. The minimum absolute atomic E-state index is 0.0753. The molecule has 1 saturated heterocycles. The van der Waals surface area contributed by atoms with Gasteiger partial charge in [-0.1, -0.05) is 35.5 Å². The Bertz CT molecular complexity index is 1200. The highest BCUT2D eigenvalue weighted by Gasteiger charge is 2.44. The average molecular weight is 472 g/mol. The predicted octanol–water partition coefficient (Wildman–Crippen LogP) is 3.94. The highest BCUT2D eigenvalue weighted by atomic mass is 32.2. The van der Waals surface area contributed by atoms with Crippen molar-refractivity contribution in [3.8, 4) is 0 Å². The molecular formula is C24H29N3O3S2. The number of thioether (sulfide) groups is 1. The topological polar surface area (TPSA) is 78.8 Å². The van der Waals surface area contributed by atoms with Crippen LogP contribution >= 0.6 is 11.8 Å². The number of sulfone groups is 1. The van der Waals surface area contributed by atoms with E-state index in [2.05, 4.69) is 30.4 Å². The number of hydrogen-bond acceptors (Lipinski definition) is 6. The average Bonchev–Trinajstić information content (AvgIpc) is 3.18. The van der Waals surface area contributed by atoms with Crippen LogP contribution in [0.1, 0.15) is 27.8 Å². The van der Waals surface area contributed by atoms with Gasteiger partial charge in [-0.3, -0.25) is 9.79 Å². The third kappa shape index (κ3) is 4.71. The molecule has 0 radical (unpaired) electrons. The van der Waals surface area contributed by atoms with Gasteiger partial charge in [-0.2, -0.15) is 0 Å². The lowest BCUT2D eigenvalue weighted by molar-refractivity contribution is -0.114. The maximum Gasteiger partial charge on any atom is 0.244 e. The number of amidine groups is 1. The Balaban J connectivity index is 1.62. The van der Waals surface area contributed by atoms with Crippen molar-refractivity contribution in [1.82, 2.24) is 0 Å². The summed E-state index contributed by atoms with van der Waals surface area (Å²) in [5.41, 5.74) is 7.24. The maximum absolute atomic E-state index is 13.1. The van der Waals surface area contributed by atoms with Crippen LogP contribution in [0.2, 0.25) is 0 Å². The number of anilines is 2. The van der Waals surface area contributed by atoms with Crippen LogP contribution in [0, 0.1) is 34.6 Å². The second-order valence-corrected chi connectivity index (χ2v) is 12.2. The molecule has 2 aliphatic rings. The number of nitrogens with zero attached hydrogens (tertiary/aromatic N) is 2. The summed E-state index contributed by atoms with van der Waals surface area (Å²) < 4.78 is 24.0. The molecule has 2 heterocycles. The van der Waals surface area contributed by atoms with Crippen LogP contribution in [0.3, 0.4) is 0 Å². The molecule has 0 aromatic heterocycles. The quantitative estimate of drug-likeness (QED) is 0.731. The van der Waals surface area contributed by atoms with Crippen LogP contribution in [-0.2, 0) is 14.6 Å². The number of aryl methyl sites for hydroxylation is 5. The maximum atomic E-state index is 13.1. The number of carbonyl (C=O) groups is 1. The van der Waals surface area contributed by atoms with E-state index in [1.54, 1.807) is 0 Å². The van der Waals surface area contributed by atoms with Crippen molar-refractivity contribution in [1.29, 1.82) is 0 Å². The lowest BCUT2D eigenvalue weighted by atomic mass is 10.1. The molecule has 2 aliphatic heterocycles. The largest absolute Gasteiger partial charge is 0.324 e. The number of aliphatic imine (C=N–C) groups is 1. The summed E-state index contributed by atoms with van der Waals surface area (Å²) in [4.78, 5) is 19.8. The molecule has 170 valence electrons. The number of nitrogens with one attached hydrogen (secondary N) is 1. The van der Waals surface area contributed by atoms with Gasteiger partial charge in [-0.15, -0.1) is 0 Å². The highest BCUT2D eigenvalue weighted by Crippen LogP contribution is 2.37. The molecule has 8 heteroatoms. The zero-order chi connectivity index (χ0) is 23.2. The smallest absolute Gasteiger partial charge is 0.244 e. The summed E-state index contributed by atoms with van der Waals surface area (Å²) >= 11 is 1.47. The second kappa shape index (κ2) is 8.56. The van der Waals surface area contributed by atoms with Crippen LogP contribution in [0.4, 0.5) is 11.4 Å². The zero-order valence-corrected chi connectivity index (χ0v) is 20.7. The Morgan fingerprint density at radius 1 is 1.03 bits per heavy atom. The first-order chi connectivity index (χ1) is 15.0. The fourth-order valence-electron chi connectivity index (χ4n) is 4.33. The molecule has 0 bridgehead atoms. The third-order valence-corrected chi connectivity index (χ3v) is 9.33. The van der Waals surface area contributed by atoms with E-state index in [1.807, 2.05) is 44.7 Å². The Hall–Kier alpha value is -2.32. The molecule has 4 rings (SSSR count). The molecule has 1 amide bonds. The van der Waals surface area contributed by atoms with Gasteiger partial charge in [0.05, 0.1) is 17.5 Å². The van der Waals surface area contributed by atoms with Crippen molar-refractivity contribution < 1.29 is 13.2 Å². The van der Waals surface area contributed by atoms with E-state index in [9.17, 15) is 13.2 Å². The minimum atomic E-state index is -3.03. The number of fused-ring (bicyclic) bond motifs is 1. The molecule has 6 nitrogen and oxygen atoms in total. The zero-order valence-electron chi connectivity index (χ0n) is 19.1. The molecule has 1 N–H and O–H groups in total. The first kappa shape index (κ1) is 22.9. The summed E-state index contributed by atoms with van der Waals surface area (Å²) in [6.45, 7) is 10.2. The molecule has 0 aliphatic carbocycles. The Morgan fingerprint density at radius 3 is 2.34 bits per heavy atom. The van der Waals surface area contributed by atoms with Crippen LogP contribution in [0.25, 0.3) is 0 Å². The molecular weight excluding hydrogens is 442 g/mol. The van der Waals surface area contributed by atoms with Gasteiger partial charge in [0, 0.05) is 16.6 Å². The monoisotopic (exact) mass is 471 g/mol. The molecule has 2 aromatic rings. The fourth-order valence-corrected chi connectivity index (χ4v) is 8.11. The number of benzene rings is 2. The highest BCUT2D eigenvalue weighted by molar-refractivity contribution is 8.15. The lowest BCUT2D eigenvalue weighted by Crippen LogP contribution is -2.37. The fraction of sp³-hybridized carbons (Fsp3) is 0.417. The number of amides is 1. The summed E-state index contributed by atoms with van der Waals surface area (Å²) in [7, 11) is -3.03. The SMILES string of the molecule is Cc1cc(C)c(NC(=O)CN(C2=NC3CS(=O)(=O)CC3S2)c2ccc(C)c(C)c2)c(C)c1. The van der Waals surface area contributed by atoms with Gasteiger partial charge in [0.15, 0.2) is 15.0 Å². The number of carbonyl (C=O) groups excluding carboxylic acids is 1. The standard InChI is InChI=1S/C24H29N3O3S2/c1-14-8-17(4)23(18(5)9-14)26-22(28)11-27(19-7-6-15(2)16(3)10-19)24-25-20-12-32(29,30)13-21(20)31-24/h6-10,20-21H,11-13H2,1-5H3,(H,26,28). The molecule has 2 aromatic carbocycles. The van der Waals surface area contributed by atoms with E-state index in [0.717, 1.165) is 33.6 Å². The summed E-state index contributed by atoms with van der Waals surface area (Å²) in [6, 6.07) is 9.96. The van der Waals surface area contributed by atoms with Crippen molar-refractivity contribution >= 4 is 44.0 Å². The normalized spacial score (nSPS) is 21.2. The van der Waals surface area contributed by atoms with Crippen LogP contribution in [0.5, 0.6) is 0 Å². The van der Waals surface area contributed by atoms with Crippen LogP contribution < -0.4 is 10.2 Å². The van der Waals surface area contributed by atoms with Gasteiger partial charge >= 0.3 is 0 Å². The summed E-state index contributed by atoms with van der Waals surface area (Å²) in [6.07, 6.45) is 0. The van der Waals surface area contributed by atoms with E-state index >= 15 is 0 Å². The van der Waals surface area contributed by atoms with Gasteiger partial charge in [-0.05, 0) is 69.0 Å². The number of hydrogen-bond donors (Lipinski definition) is 1. The third-order valence-electron chi connectivity index (χ3n) is 6.08. The van der Waals surface area contributed by atoms with Crippen LogP contribution in [-0.4, -0.2) is 48.8 Å². The van der Waals surface area contributed by atoms with Gasteiger partial charge in [0.1, 0.15) is 6.54 Å². The van der Waals surface area contributed by atoms with Crippen molar-refractivity contribution in [3.05, 3.63) is 58.1 Å². The Morgan fingerprint density at radius 2 is 1.72 bits per heavy atom. The van der Waals surface area contributed by atoms with Crippen molar-refractivity contribution in [2.45, 2.75) is 45.9 Å². The van der Waals surface area contributed by atoms with Gasteiger partial charge in [0.25, 0.3) is 0 Å². The summed E-state index contributed by atoms with van der Waals surface area (Å²) in [5.74, 6) is 0.0960. The first-order valence-electron chi connectivity index (χ1n) is 10.7. The van der Waals surface area contributed by atoms with E-state index in [1.165, 1.54) is 17.3 Å². The molecule has 0 saturated carbocycles. The lowest BCUT2D eigenvalue weighted by Gasteiger charge is -2.25. The molecule has 1 fully saturated rings. The van der Waals surface area contributed by atoms with Crippen molar-refractivity contribution in [2.75, 3.05) is 28.3 Å². The minimum Gasteiger partial charge on any atom is -0.324 e. The van der Waals surface area contributed by atoms with E-state index in [-0.39, 0.29) is 35.2 Å². The second-order valence-electron chi connectivity index (χ2n) is 8.89. The first-order valence-corrected chi connectivity index (χ1v) is 13.4. The van der Waals surface area contributed by atoms with Gasteiger partial charge in [-0.25, -0.2) is 8.42 Å². The van der Waals surface area contributed by atoms with Gasteiger partial charge in [0.2, 0.25) is 5.91 Å². The molecule has 32 heavy (non-hydrogen) atoms. The Labute approximate surface area is 194 Å². The predicted molar refractivity (Wildman–Crippen MR) is 134 cm³/mol.